The Morgan fingerprint density at radius 2 is 0.514 bits per heavy atom. The predicted octanol–water partition coefficient (Wildman–Crippen LogP) is 9.58. The highest BCUT2D eigenvalue weighted by Gasteiger charge is 2.52. The molecule has 8 rings (SSSR count). The van der Waals surface area contributed by atoms with Crippen LogP contribution in [0.2, 0.25) is 0 Å². The summed E-state index contributed by atoms with van der Waals surface area (Å²) < 4.78 is 297. The van der Waals surface area contributed by atoms with Crippen LogP contribution in [0.4, 0.5) is 87.8 Å². The lowest BCUT2D eigenvalue weighted by Gasteiger charge is -2.44. The van der Waals surface area contributed by atoms with Crippen molar-refractivity contribution in [3.05, 3.63) is 227 Å². The number of halogens is 21. The van der Waals surface area contributed by atoms with Crippen LogP contribution in [0.1, 0.15) is 33.4 Å². The van der Waals surface area contributed by atoms with Gasteiger partial charge in [0.25, 0.3) is 5.77 Å². The van der Waals surface area contributed by atoms with Gasteiger partial charge in [-0.2, -0.15) is 0 Å². The van der Waals surface area contributed by atoms with Crippen molar-refractivity contribution in [2.75, 3.05) is 0 Å². The first-order valence-corrected chi connectivity index (χ1v) is 23.9. The highest BCUT2D eigenvalue weighted by atomic mass is 127. The molecular weight excluding hydrogens is 1160 g/mol. The summed E-state index contributed by atoms with van der Waals surface area (Å²) in [5, 5.41) is 4.54. The molecule has 0 saturated heterocycles. The largest absolute Gasteiger partial charge is 0.382 e. The Kier molecular flexibility index (Phi) is 15.7. The summed E-state index contributed by atoms with van der Waals surface area (Å²) in [6.07, 6.45) is -5.11. The Morgan fingerprint density at radius 1 is 0.306 bits per heavy atom. The fraction of sp³-hybridized carbons (Fsp3) is 0.0833. The molecule has 2 heterocycles. The number of aryl methyl sites for hydroxylation is 2. The van der Waals surface area contributed by atoms with Gasteiger partial charge in [-0.3, -0.25) is 0 Å². The van der Waals surface area contributed by atoms with Crippen LogP contribution in [0.25, 0.3) is 0 Å². The smallest absolute Gasteiger partial charge is 0.207 e. The maximum absolute atomic E-state index is 15.4. The van der Waals surface area contributed by atoms with Crippen LogP contribution >= 0.6 is 22.7 Å². The molecule has 0 radical (unpaired) electrons. The van der Waals surface area contributed by atoms with Crippen LogP contribution in [-0.2, 0) is 12.8 Å². The lowest BCUT2D eigenvalue weighted by molar-refractivity contribution is -0.586. The first-order chi connectivity index (χ1) is 33.9. The molecule has 0 fully saturated rings. The van der Waals surface area contributed by atoms with Gasteiger partial charge in [0.1, 0.15) is 52.7 Å². The van der Waals surface area contributed by atoms with E-state index in [0.717, 1.165) is 12.8 Å². The number of benzene rings is 6. The number of rotatable bonds is 10. The number of hydrogen-bond acceptors (Lipinski definition) is 2. The van der Waals surface area contributed by atoms with Gasteiger partial charge in [-0.05, 0) is 47.9 Å². The van der Waals surface area contributed by atoms with E-state index in [-0.39, 0.29) is 21.2 Å². The average Bonchev–Trinajstić information content (AvgIpc) is 4.01. The first-order valence-electron chi connectivity index (χ1n) is 20.0. The van der Waals surface area contributed by atoms with E-state index in [2.05, 4.69) is 85.3 Å². The third-order valence-corrected chi connectivity index (χ3v) is 17.7. The molecule has 0 nitrogen and oxygen atoms in total. The molecule has 0 aliphatic rings. The normalized spacial score (nSPS) is 11.6. The Morgan fingerprint density at radius 3 is 0.736 bits per heavy atom. The summed E-state index contributed by atoms with van der Waals surface area (Å²) in [5.41, 5.74) is -5.81. The van der Waals surface area contributed by atoms with E-state index >= 15 is 35.1 Å². The Labute approximate surface area is 411 Å². The SMILES string of the molecule is Cc1ccc(Cc2ccsc2[I+]c2sccc2Cc2ccc(C)cc2)cc1.Fc1c(F)c(F)c([B-](c2c(F)c(F)c(F)c(F)c2F)(c2c(F)c(F)c(F)c(F)c2F)c2c(F)c(F)c(F)c(F)c2F)c(F)c1F. The Balaban J connectivity index is 0.000000238. The van der Waals surface area contributed by atoms with Gasteiger partial charge in [-0.15, -0.1) is 21.9 Å². The minimum atomic E-state index is -7.22. The van der Waals surface area contributed by atoms with E-state index < -0.39 is 144 Å². The molecule has 0 amide bonds. The van der Waals surface area contributed by atoms with Gasteiger partial charge >= 0.3 is 21.2 Å². The van der Waals surface area contributed by atoms with Crippen LogP contribution in [0.5, 0.6) is 0 Å². The van der Waals surface area contributed by atoms with E-state index in [0.29, 0.717) is 0 Å². The summed E-state index contributed by atoms with van der Waals surface area (Å²) >= 11 is 3.77. The second-order valence-corrected chi connectivity index (χ2v) is 21.7. The monoisotopic (exact) mass is 1180 g/mol. The lowest BCUT2D eigenvalue weighted by atomic mass is 9.12. The third-order valence-electron chi connectivity index (χ3n) is 11.3. The minimum absolute atomic E-state index is 0.112. The lowest BCUT2D eigenvalue weighted by Crippen LogP contribution is -3.61. The summed E-state index contributed by atoms with van der Waals surface area (Å²) in [7, 11) is 0. The summed E-state index contributed by atoms with van der Waals surface area (Å²) in [5.74, 6) is -71.4. The molecule has 376 valence electrons. The van der Waals surface area contributed by atoms with Crippen molar-refractivity contribution in [1.29, 1.82) is 0 Å². The van der Waals surface area contributed by atoms with E-state index in [9.17, 15) is 52.7 Å². The first kappa shape index (κ1) is 53.9. The van der Waals surface area contributed by atoms with E-state index in [1.165, 1.54) is 33.4 Å². The predicted molar refractivity (Wildman–Crippen MR) is 223 cm³/mol. The second kappa shape index (κ2) is 20.9. The van der Waals surface area contributed by atoms with Crippen LogP contribution in [0, 0.1) is 136 Å². The molecular formula is C48H22BF20IS2. The van der Waals surface area contributed by atoms with Gasteiger partial charge in [0, 0.05) is 24.0 Å². The molecule has 0 unspecified atom stereocenters. The van der Waals surface area contributed by atoms with Crippen LogP contribution in [0.3, 0.4) is 0 Å². The van der Waals surface area contributed by atoms with Gasteiger partial charge in [-0.25, -0.2) is 87.8 Å². The van der Waals surface area contributed by atoms with Crippen LogP contribution in [-0.4, -0.2) is 6.15 Å². The van der Waals surface area contributed by atoms with Gasteiger partial charge in [-0.1, -0.05) is 82.3 Å². The van der Waals surface area contributed by atoms with Crippen molar-refractivity contribution in [3.63, 3.8) is 0 Å². The van der Waals surface area contributed by atoms with Crippen molar-refractivity contribution in [2.45, 2.75) is 26.7 Å². The minimum Gasteiger partial charge on any atom is -0.207 e. The van der Waals surface area contributed by atoms with Gasteiger partial charge in [0.2, 0.25) is 0 Å². The zero-order valence-corrected chi connectivity index (χ0v) is 39.5. The van der Waals surface area contributed by atoms with Crippen molar-refractivity contribution in [1.82, 2.24) is 0 Å². The third kappa shape index (κ3) is 9.26. The van der Waals surface area contributed by atoms with Gasteiger partial charge in [0.15, 0.2) is 69.8 Å². The van der Waals surface area contributed by atoms with Crippen LogP contribution in [0.15, 0.2) is 71.4 Å². The molecule has 8 aromatic rings. The second-order valence-electron chi connectivity index (χ2n) is 15.7. The van der Waals surface area contributed by atoms with Crippen molar-refractivity contribution < 1.29 is 109 Å². The Bertz CT molecular complexity index is 2940. The zero-order valence-electron chi connectivity index (χ0n) is 35.7. The van der Waals surface area contributed by atoms with Gasteiger partial charge in [0.05, 0.1) is 0 Å². The molecule has 0 aliphatic heterocycles. The standard InChI is InChI=1S/C24BF20.C24H22IS2/c26-5-1(6(27)14(35)21(42)13(5)34)25(2-7(28)15(36)22(43)16(37)8(2)29,3-9(30)17(38)23(44)18(39)10(3)31)4-11(32)19(40)24(45)20(41)12(4)33;1-17-3-7-19(8-4-17)15-21-11-13-26-23(21)25-24-22(12-14-27-24)16-20-9-5-18(2)6-10-20/h;3-14H,15-16H2,1-2H3/q-1;+1. The molecule has 6 aromatic carbocycles. The maximum Gasteiger partial charge on any atom is 0.382 e. The maximum atomic E-state index is 15.4. The summed E-state index contributed by atoms with van der Waals surface area (Å²) in [4.78, 5) is 0. The van der Waals surface area contributed by atoms with Crippen molar-refractivity contribution >= 4 is 50.7 Å². The van der Waals surface area contributed by atoms with E-state index in [1.54, 1.807) is 5.77 Å². The fourth-order valence-corrected chi connectivity index (χ4v) is 14.1. The van der Waals surface area contributed by atoms with E-state index in [1.807, 2.05) is 22.7 Å². The molecule has 72 heavy (non-hydrogen) atoms. The molecule has 0 aliphatic carbocycles. The zero-order chi connectivity index (χ0) is 53.0. The molecule has 0 saturated carbocycles. The molecule has 0 spiro atoms. The molecule has 0 atom stereocenters. The molecule has 2 aromatic heterocycles. The van der Waals surface area contributed by atoms with E-state index in [4.69, 9.17) is 0 Å². The Hall–Kier alpha value is -5.89. The molecule has 0 N–H and O–H groups in total. The summed E-state index contributed by atoms with van der Waals surface area (Å²) in [6, 6.07) is 22.6. The highest BCUT2D eigenvalue weighted by Crippen LogP contribution is 2.31. The molecule has 24 heteroatoms. The topological polar surface area (TPSA) is 0 Å². The quantitative estimate of drug-likeness (QED) is 0.0421. The number of hydrogen-bond donors (Lipinski definition) is 0. The van der Waals surface area contributed by atoms with Crippen molar-refractivity contribution in [2.24, 2.45) is 0 Å². The molecule has 0 bridgehead atoms. The van der Waals surface area contributed by atoms with Gasteiger partial charge < -0.3 is 0 Å². The van der Waals surface area contributed by atoms with Crippen molar-refractivity contribution in [3.8, 4) is 0 Å². The fourth-order valence-electron chi connectivity index (χ4n) is 7.86. The number of thiophene rings is 2. The average molecular weight is 1180 g/mol. The highest BCUT2D eigenvalue weighted by molar-refractivity contribution is 7.20. The summed E-state index contributed by atoms with van der Waals surface area (Å²) in [6.45, 7) is 4.30. The van der Waals surface area contributed by atoms with Crippen LogP contribution < -0.4 is 43.1 Å².